The van der Waals surface area contributed by atoms with Crippen molar-refractivity contribution in [2.75, 3.05) is 50.6 Å². The number of ether oxygens (including phenoxy) is 1. The number of fused-ring (bicyclic) bond motifs is 1. The Balaban J connectivity index is 1.35. The molecular formula is C35H44N6O5S2. The second kappa shape index (κ2) is 13.6. The number of hydrogen-bond acceptors (Lipinski definition) is 9. The van der Waals surface area contributed by atoms with E-state index in [9.17, 15) is 17.4 Å². The second-order valence-electron chi connectivity index (χ2n) is 13.0. The largest absolute Gasteiger partial charge is 0.489 e. The smallest absolute Gasteiger partial charge is 0.260 e. The van der Waals surface area contributed by atoms with Crippen LogP contribution in [0.3, 0.4) is 0 Å². The highest BCUT2D eigenvalue weighted by Crippen LogP contribution is 2.31. The minimum atomic E-state index is -3.34. The molecule has 256 valence electrons. The van der Waals surface area contributed by atoms with Gasteiger partial charge in [-0.1, -0.05) is 13.0 Å². The predicted molar refractivity (Wildman–Crippen MR) is 194 cm³/mol. The molecule has 2 aliphatic rings. The Hall–Kier alpha value is -3.78. The first-order valence-electron chi connectivity index (χ1n) is 16.4. The lowest BCUT2D eigenvalue weighted by atomic mass is 9.99. The molecule has 0 bridgehead atoms. The van der Waals surface area contributed by atoms with Crippen LogP contribution in [0.4, 0.5) is 11.6 Å². The van der Waals surface area contributed by atoms with E-state index in [0.29, 0.717) is 59.1 Å². The summed E-state index contributed by atoms with van der Waals surface area (Å²) in [5, 5.41) is 3.95. The van der Waals surface area contributed by atoms with Gasteiger partial charge >= 0.3 is 0 Å². The van der Waals surface area contributed by atoms with E-state index < -0.39 is 19.5 Å². The molecule has 2 fully saturated rings. The first-order valence-corrected chi connectivity index (χ1v) is 20.1. The van der Waals surface area contributed by atoms with Gasteiger partial charge in [-0.15, -0.1) is 0 Å². The van der Waals surface area contributed by atoms with Gasteiger partial charge in [0.25, 0.3) is 5.56 Å². The lowest BCUT2D eigenvalue weighted by Gasteiger charge is -2.32. The number of likely N-dealkylation sites (N-methyl/N-ethyl adjacent to an activating group) is 1. The molecule has 4 aromatic rings. The highest BCUT2D eigenvalue weighted by Gasteiger charge is 2.29. The number of sulfonamides is 1. The Kier molecular flexibility index (Phi) is 9.67. The summed E-state index contributed by atoms with van der Waals surface area (Å²) in [5.41, 5.74) is 3.05. The maximum Gasteiger partial charge on any atom is 0.260 e. The number of nitrogens with one attached hydrogen (secondary N) is 1. The fraction of sp³-hybridized carbons (Fsp3) is 0.429. The van der Waals surface area contributed by atoms with Crippen molar-refractivity contribution in [1.82, 2.24) is 23.7 Å². The summed E-state index contributed by atoms with van der Waals surface area (Å²) in [6, 6.07) is 14.7. The first kappa shape index (κ1) is 34.1. The molecule has 0 spiro atoms. The van der Waals surface area contributed by atoms with Gasteiger partial charge in [0.15, 0.2) is 0 Å². The maximum absolute atomic E-state index is 14.4. The van der Waals surface area contributed by atoms with Crippen molar-refractivity contribution in [3.05, 3.63) is 70.6 Å². The van der Waals surface area contributed by atoms with Gasteiger partial charge in [0.2, 0.25) is 16.0 Å². The van der Waals surface area contributed by atoms with E-state index in [1.807, 2.05) is 56.3 Å². The van der Waals surface area contributed by atoms with Crippen molar-refractivity contribution in [1.29, 1.82) is 0 Å². The number of anilines is 2. The average molecular weight is 693 g/mol. The van der Waals surface area contributed by atoms with Gasteiger partial charge < -0.3 is 15.0 Å². The first-order chi connectivity index (χ1) is 22.8. The van der Waals surface area contributed by atoms with E-state index in [1.165, 1.54) is 10.6 Å². The van der Waals surface area contributed by atoms with Gasteiger partial charge in [-0.05, 0) is 115 Å². The van der Waals surface area contributed by atoms with Crippen LogP contribution in [0.2, 0.25) is 0 Å². The van der Waals surface area contributed by atoms with Gasteiger partial charge in [0, 0.05) is 59.2 Å². The Morgan fingerprint density at radius 2 is 1.73 bits per heavy atom. The number of pyridine rings is 1. The molecule has 11 nitrogen and oxygen atoms in total. The van der Waals surface area contributed by atoms with Gasteiger partial charge in [-0.3, -0.25) is 13.6 Å². The van der Waals surface area contributed by atoms with Crippen LogP contribution < -0.4 is 15.6 Å². The maximum atomic E-state index is 14.4. The van der Waals surface area contributed by atoms with Crippen LogP contribution in [0.1, 0.15) is 44.2 Å². The second-order valence-corrected chi connectivity index (χ2v) is 17.6. The molecule has 0 aliphatic carbocycles. The molecular weight excluding hydrogens is 649 g/mol. The van der Waals surface area contributed by atoms with Crippen molar-refractivity contribution in [2.24, 2.45) is 0 Å². The topological polar surface area (TPSA) is 127 Å². The lowest BCUT2D eigenvalue weighted by molar-refractivity contribution is 0.104. The quantitative estimate of drug-likeness (QED) is 0.249. The molecule has 1 N–H and O–H groups in total. The van der Waals surface area contributed by atoms with Gasteiger partial charge in [0.1, 0.15) is 17.5 Å². The number of aryl methyl sites for hydroxylation is 1. The van der Waals surface area contributed by atoms with Crippen LogP contribution in [-0.2, 0) is 19.5 Å². The van der Waals surface area contributed by atoms with Crippen molar-refractivity contribution < 1.29 is 17.4 Å². The molecule has 6 rings (SSSR count). The lowest BCUT2D eigenvalue weighted by Crippen LogP contribution is -2.40. The molecule has 0 saturated carbocycles. The van der Waals surface area contributed by atoms with Crippen LogP contribution in [0.5, 0.6) is 5.75 Å². The molecule has 2 aromatic carbocycles. The SMILES string of the molecule is C=S(=O)(CC)c1ccc(-c2cc3cnc(Nc4ccc(OC5CCCN(C)C5)cc4)nc3n(C3CCN(S(C)(=O)=O)CC3)c2=O)c(C)c1. The number of benzene rings is 2. The zero-order valence-corrected chi connectivity index (χ0v) is 29.6. The number of aromatic nitrogens is 3. The van der Waals surface area contributed by atoms with Crippen LogP contribution in [0.25, 0.3) is 22.2 Å². The summed E-state index contributed by atoms with van der Waals surface area (Å²) < 4.78 is 46.8. The van der Waals surface area contributed by atoms with Crippen LogP contribution >= 0.6 is 0 Å². The predicted octanol–water partition coefficient (Wildman–Crippen LogP) is 4.68. The summed E-state index contributed by atoms with van der Waals surface area (Å²) in [7, 11) is -3.66. The highest BCUT2D eigenvalue weighted by atomic mass is 32.2. The molecule has 2 aliphatic heterocycles. The summed E-state index contributed by atoms with van der Waals surface area (Å²) in [5.74, 6) is 5.48. The van der Waals surface area contributed by atoms with Crippen LogP contribution in [0.15, 0.2) is 64.4 Å². The minimum absolute atomic E-state index is 0.167. The zero-order chi connectivity index (χ0) is 34.2. The Bertz CT molecular complexity index is 2090. The molecule has 2 saturated heterocycles. The molecule has 4 heterocycles. The zero-order valence-electron chi connectivity index (χ0n) is 28.0. The fourth-order valence-corrected chi connectivity index (χ4v) is 8.55. The molecule has 2 unspecified atom stereocenters. The van der Waals surface area contributed by atoms with Crippen molar-refractivity contribution in [3.8, 4) is 16.9 Å². The standard InChI is InChI=1S/C35H44N6O5S2/c1-6-47(4,43)30-13-14-31(24(2)20-30)32-21-25-22-36-35(37-26-9-11-28(12-10-26)46-29-8-7-17-39(3)23-29)38-33(25)41(34(32)42)27-15-18-40(19-16-27)48(5,44)45/h9-14,20-22,27,29H,4,6-8,15-19,23H2,1-3,5H3,(H,36,37,38). The van der Waals surface area contributed by atoms with E-state index in [0.717, 1.165) is 48.5 Å². The fourth-order valence-electron chi connectivity index (χ4n) is 6.63. The Morgan fingerprint density at radius 1 is 1.00 bits per heavy atom. The Labute approximate surface area is 283 Å². The summed E-state index contributed by atoms with van der Waals surface area (Å²) in [6.07, 6.45) is 6.17. The number of likely N-dealkylation sites (tertiary alicyclic amines) is 1. The van der Waals surface area contributed by atoms with Crippen molar-refractivity contribution >= 4 is 48.1 Å². The number of piperidine rings is 2. The van der Waals surface area contributed by atoms with Gasteiger partial charge in [-0.2, -0.15) is 4.98 Å². The molecule has 48 heavy (non-hydrogen) atoms. The molecule has 2 atom stereocenters. The van der Waals surface area contributed by atoms with Gasteiger partial charge in [-0.25, -0.2) is 17.7 Å². The molecule has 0 radical (unpaired) electrons. The highest BCUT2D eigenvalue weighted by molar-refractivity contribution is 8.00. The average Bonchev–Trinajstić information content (AvgIpc) is 3.05. The third-order valence-corrected chi connectivity index (χ3v) is 12.8. The van der Waals surface area contributed by atoms with Crippen LogP contribution in [0, 0.1) is 6.92 Å². The molecule has 13 heteroatoms. The monoisotopic (exact) mass is 692 g/mol. The third kappa shape index (κ3) is 7.29. The minimum Gasteiger partial charge on any atom is -0.489 e. The van der Waals surface area contributed by atoms with E-state index in [-0.39, 0.29) is 17.7 Å². The van der Waals surface area contributed by atoms with Gasteiger partial charge in [0.05, 0.1) is 6.26 Å². The van der Waals surface area contributed by atoms with E-state index >= 15 is 0 Å². The van der Waals surface area contributed by atoms with Crippen molar-refractivity contribution in [2.45, 2.75) is 56.6 Å². The normalized spacial score (nSPS) is 19.6. The molecule has 0 amide bonds. The van der Waals surface area contributed by atoms with E-state index in [2.05, 4.69) is 28.1 Å². The molecule has 2 aromatic heterocycles. The number of nitrogens with zero attached hydrogens (tertiary/aromatic N) is 5. The van der Waals surface area contributed by atoms with E-state index in [1.54, 1.807) is 16.8 Å². The van der Waals surface area contributed by atoms with E-state index in [4.69, 9.17) is 9.72 Å². The van der Waals surface area contributed by atoms with Crippen molar-refractivity contribution in [3.63, 3.8) is 0 Å². The summed E-state index contributed by atoms with van der Waals surface area (Å²) >= 11 is 0. The number of hydrogen-bond donors (Lipinski definition) is 1. The summed E-state index contributed by atoms with van der Waals surface area (Å²) in [4.78, 5) is 26.8. The summed E-state index contributed by atoms with van der Waals surface area (Å²) in [6.45, 7) is 6.37. The third-order valence-electron chi connectivity index (χ3n) is 9.41. The Morgan fingerprint density at radius 3 is 2.38 bits per heavy atom. The van der Waals surface area contributed by atoms with Crippen LogP contribution in [-0.4, -0.2) is 93.6 Å². The number of rotatable bonds is 9.